The van der Waals surface area contributed by atoms with Crippen LogP contribution < -0.4 is 0 Å². The fourth-order valence-electron chi connectivity index (χ4n) is 6.70. The van der Waals surface area contributed by atoms with Crippen LogP contribution >= 0.6 is 0 Å². The molecule has 0 unspecified atom stereocenters. The Morgan fingerprint density at radius 2 is 0.872 bits per heavy atom. The van der Waals surface area contributed by atoms with Crippen molar-refractivity contribution < 1.29 is 19.8 Å². The highest BCUT2D eigenvalue weighted by Crippen LogP contribution is 2.54. The monoisotopic (exact) mass is 622 g/mol. The Kier molecular flexibility index (Phi) is 11.0. The maximum Gasteiger partial charge on any atom is 0.335 e. The van der Waals surface area contributed by atoms with Crippen LogP contribution in [0.15, 0.2) is 84.9 Å². The van der Waals surface area contributed by atoms with E-state index in [4.69, 9.17) is 0 Å². The first kappa shape index (κ1) is 33.3. The minimum atomic E-state index is -0.944. The minimum absolute atomic E-state index is 0.131. The van der Waals surface area contributed by atoms with E-state index in [1.165, 1.54) is 60.8 Å². The molecule has 4 aromatic carbocycles. The molecule has 5 rings (SSSR count). The zero-order chi connectivity index (χ0) is 33.2. The van der Waals surface area contributed by atoms with Gasteiger partial charge in [0.05, 0.1) is 11.1 Å². The molecule has 2 N–H and O–H groups in total. The number of fused-ring (bicyclic) bond motifs is 3. The molecule has 4 aromatic rings. The summed E-state index contributed by atoms with van der Waals surface area (Å²) < 4.78 is 0. The second-order valence-electron chi connectivity index (χ2n) is 12.5. The average molecular weight is 623 g/mol. The van der Waals surface area contributed by atoms with Gasteiger partial charge in [0.25, 0.3) is 0 Å². The third-order valence-corrected chi connectivity index (χ3v) is 9.24. The van der Waals surface area contributed by atoms with Crippen molar-refractivity contribution in [2.24, 2.45) is 0 Å². The molecule has 4 heteroatoms. The summed E-state index contributed by atoms with van der Waals surface area (Å²) in [7, 11) is 0. The van der Waals surface area contributed by atoms with Crippen molar-refractivity contribution in [2.45, 2.75) is 83.5 Å². The summed E-state index contributed by atoms with van der Waals surface area (Å²) in [6.07, 6.45) is 11.7. The van der Waals surface area contributed by atoms with E-state index in [0.717, 1.165) is 47.9 Å². The van der Waals surface area contributed by atoms with Crippen LogP contribution in [0.2, 0.25) is 0 Å². The molecule has 0 amide bonds. The van der Waals surface area contributed by atoms with Gasteiger partial charge in [0.2, 0.25) is 0 Å². The number of carboxylic acids is 2. The molecular weight excluding hydrogens is 580 g/mol. The normalized spacial score (nSPS) is 12.2. The van der Waals surface area contributed by atoms with Crippen LogP contribution in [0.25, 0.3) is 11.1 Å². The molecular formula is C43H42O4. The van der Waals surface area contributed by atoms with Gasteiger partial charge < -0.3 is 10.2 Å². The quantitative estimate of drug-likeness (QED) is 0.122. The van der Waals surface area contributed by atoms with Crippen molar-refractivity contribution in [1.29, 1.82) is 0 Å². The number of rotatable bonds is 12. The molecule has 0 heterocycles. The summed E-state index contributed by atoms with van der Waals surface area (Å²) >= 11 is 0. The topological polar surface area (TPSA) is 74.6 Å². The Hall–Kier alpha value is -5.06. The highest BCUT2D eigenvalue weighted by molar-refractivity contribution is 5.88. The van der Waals surface area contributed by atoms with Gasteiger partial charge in [-0.05, 0) is 108 Å². The number of carbonyl (C=O) groups is 2. The standard InChI is InChI=1S/C43H42O4/c1-3-5-7-9-27-43(28-10-8-6-4-2)39-29-33(13-11-31-15-21-35(22-16-31)41(44)45)19-25-37(39)38-26-20-34(30-40(38)43)14-12-32-17-23-36(24-18-32)42(46)47/h15-26,29-30H,3-10,27-28H2,1-2H3,(H,44,45)(H,46,47). The first-order valence-corrected chi connectivity index (χ1v) is 16.8. The Balaban J connectivity index is 1.55. The van der Waals surface area contributed by atoms with Gasteiger partial charge in [-0.25, -0.2) is 9.59 Å². The van der Waals surface area contributed by atoms with Crippen molar-refractivity contribution >= 4 is 11.9 Å². The van der Waals surface area contributed by atoms with Gasteiger partial charge in [0.1, 0.15) is 0 Å². The molecule has 0 bridgehead atoms. The molecule has 0 aliphatic heterocycles. The fraction of sp³-hybridized carbons (Fsp3) is 0.302. The van der Waals surface area contributed by atoms with E-state index in [0.29, 0.717) is 0 Å². The molecule has 238 valence electrons. The smallest absolute Gasteiger partial charge is 0.335 e. The Morgan fingerprint density at radius 1 is 0.511 bits per heavy atom. The zero-order valence-electron chi connectivity index (χ0n) is 27.4. The van der Waals surface area contributed by atoms with Gasteiger partial charge in [-0.3, -0.25) is 0 Å². The molecule has 0 atom stereocenters. The van der Waals surface area contributed by atoms with Gasteiger partial charge in [-0.1, -0.05) is 101 Å². The van der Waals surface area contributed by atoms with Crippen LogP contribution in [0.5, 0.6) is 0 Å². The molecule has 0 saturated heterocycles. The van der Waals surface area contributed by atoms with Gasteiger partial charge in [-0.2, -0.15) is 0 Å². The summed E-state index contributed by atoms with van der Waals surface area (Å²) in [5, 5.41) is 18.5. The molecule has 4 nitrogen and oxygen atoms in total. The van der Waals surface area contributed by atoms with E-state index in [1.807, 2.05) is 0 Å². The lowest BCUT2D eigenvalue weighted by Crippen LogP contribution is -2.26. The summed E-state index contributed by atoms with van der Waals surface area (Å²) in [5.74, 6) is 11.3. The third-order valence-electron chi connectivity index (χ3n) is 9.24. The van der Waals surface area contributed by atoms with Gasteiger partial charge in [-0.15, -0.1) is 0 Å². The first-order valence-electron chi connectivity index (χ1n) is 16.8. The van der Waals surface area contributed by atoms with Crippen LogP contribution in [0.4, 0.5) is 0 Å². The summed E-state index contributed by atoms with van der Waals surface area (Å²) in [4.78, 5) is 22.5. The number of benzene rings is 4. The third kappa shape index (κ3) is 7.85. The van der Waals surface area contributed by atoms with Crippen molar-refractivity contribution in [3.63, 3.8) is 0 Å². The van der Waals surface area contributed by atoms with Crippen molar-refractivity contribution in [1.82, 2.24) is 0 Å². The average Bonchev–Trinajstić information content (AvgIpc) is 3.35. The van der Waals surface area contributed by atoms with E-state index in [2.05, 4.69) is 73.9 Å². The molecule has 47 heavy (non-hydrogen) atoms. The number of aromatic carboxylic acids is 2. The van der Waals surface area contributed by atoms with Crippen LogP contribution in [-0.2, 0) is 5.41 Å². The second kappa shape index (κ2) is 15.5. The van der Waals surface area contributed by atoms with Crippen molar-refractivity contribution in [3.8, 4) is 34.8 Å². The predicted octanol–water partition coefficient (Wildman–Crippen LogP) is 10.1. The Morgan fingerprint density at radius 3 is 1.23 bits per heavy atom. The second-order valence-corrected chi connectivity index (χ2v) is 12.5. The highest BCUT2D eigenvalue weighted by Gasteiger charge is 2.42. The SMILES string of the molecule is CCCCCCC1(CCCCCC)c2cc(C#Cc3ccc(C(=O)O)cc3)ccc2-c2ccc(C#Cc3ccc(C(=O)O)cc3)cc21. The lowest BCUT2D eigenvalue weighted by Gasteiger charge is -2.33. The lowest BCUT2D eigenvalue weighted by atomic mass is 9.70. The van der Waals surface area contributed by atoms with Crippen LogP contribution in [0.1, 0.15) is 132 Å². The van der Waals surface area contributed by atoms with E-state index < -0.39 is 11.9 Å². The number of hydrogen-bond acceptors (Lipinski definition) is 2. The summed E-state index contributed by atoms with van der Waals surface area (Å²) in [6, 6.07) is 26.6. The minimum Gasteiger partial charge on any atom is -0.478 e. The molecule has 1 aliphatic carbocycles. The van der Waals surface area contributed by atoms with E-state index in [1.54, 1.807) is 48.5 Å². The fourth-order valence-corrected chi connectivity index (χ4v) is 6.70. The molecule has 1 aliphatic rings. The van der Waals surface area contributed by atoms with Crippen LogP contribution in [0.3, 0.4) is 0 Å². The molecule has 0 fully saturated rings. The summed E-state index contributed by atoms with van der Waals surface area (Å²) in [6.45, 7) is 4.50. The Bertz CT molecular complexity index is 1720. The Labute approximate surface area is 278 Å². The van der Waals surface area contributed by atoms with Gasteiger partial charge in [0.15, 0.2) is 0 Å². The van der Waals surface area contributed by atoms with Crippen LogP contribution in [-0.4, -0.2) is 22.2 Å². The van der Waals surface area contributed by atoms with Gasteiger partial charge in [0, 0.05) is 27.7 Å². The maximum absolute atomic E-state index is 11.3. The van der Waals surface area contributed by atoms with Crippen molar-refractivity contribution in [3.05, 3.63) is 129 Å². The number of hydrogen-bond donors (Lipinski definition) is 2. The zero-order valence-corrected chi connectivity index (χ0v) is 27.4. The predicted molar refractivity (Wildman–Crippen MR) is 189 cm³/mol. The maximum atomic E-state index is 11.3. The van der Waals surface area contributed by atoms with E-state index in [-0.39, 0.29) is 16.5 Å². The molecule has 0 aromatic heterocycles. The first-order chi connectivity index (χ1) is 22.8. The summed E-state index contributed by atoms with van der Waals surface area (Å²) in [5.41, 5.74) is 9.08. The molecule has 0 spiro atoms. The molecule has 0 radical (unpaired) electrons. The van der Waals surface area contributed by atoms with E-state index >= 15 is 0 Å². The highest BCUT2D eigenvalue weighted by atomic mass is 16.4. The molecule has 0 saturated carbocycles. The number of carboxylic acid groups (broad SMARTS) is 2. The van der Waals surface area contributed by atoms with Crippen LogP contribution in [0, 0.1) is 23.7 Å². The lowest BCUT2D eigenvalue weighted by molar-refractivity contribution is 0.0686. The number of unbranched alkanes of at least 4 members (excludes halogenated alkanes) is 6. The largest absolute Gasteiger partial charge is 0.478 e. The van der Waals surface area contributed by atoms with E-state index in [9.17, 15) is 19.8 Å². The van der Waals surface area contributed by atoms with Crippen molar-refractivity contribution in [2.75, 3.05) is 0 Å². The van der Waals surface area contributed by atoms with Gasteiger partial charge >= 0.3 is 11.9 Å².